The summed E-state index contributed by atoms with van der Waals surface area (Å²) in [5, 5.41) is 1.85. The van der Waals surface area contributed by atoms with E-state index in [1.54, 1.807) is 42.3 Å². The summed E-state index contributed by atoms with van der Waals surface area (Å²) in [7, 11) is 1.78. The zero-order chi connectivity index (χ0) is 23.8. The van der Waals surface area contributed by atoms with Gasteiger partial charge >= 0.3 is 0 Å². The number of amides is 3. The van der Waals surface area contributed by atoms with Gasteiger partial charge in [-0.05, 0) is 69.6 Å². The van der Waals surface area contributed by atoms with Crippen LogP contribution in [0.5, 0.6) is 0 Å². The second-order valence-corrected chi connectivity index (χ2v) is 11.1. The molecule has 6 heteroatoms. The number of rotatable bonds is 3. The molecule has 2 aromatic rings. The van der Waals surface area contributed by atoms with E-state index < -0.39 is 5.91 Å². The van der Waals surface area contributed by atoms with E-state index in [4.69, 9.17) is 0 Å². The molecule has 0 bridgehead atoms. The Balaban J connectivity index is 1.96. The molecule has 1 saturated heterocycles. The van der Waals surface area contributed by atoms with Gasteiger partial charge in [-0.3, -0.25) is 19.7 Å². The number of hydrogen-bond acceptors (Lipinski definition) is 4. The number of hydrogen-bond donors (Lipinski definition) is 1. The number of anilines is 1. The highest BCUT2D eigenvalue weighted by atomic mass is 32.2. The Morgan fingerprint density at radius 3 is 2.03 bits per heavy atom. The minimum Gasteiger partial charge on any atom is -0.311 e. The van der Waals surface area contributed by atoms with E-state index in [-0.39, 0.29) is 22.0 Å². The first-order chi connectivity index (χ1) is 14.8. The van der Waals surface area contributed by atoms with Gasteiger partial charge in [0.25, 0.3) is 17.1 Å². The van der Waals surface area contributed by atoms with Crippen LogP contribution in [0.3, 0.4) is 0 Å². The third-order valence-corrected chi connectivity index (χ3v) is 6.23. The number of benzene rings is 2. The molecule has 0 aliphatic carbocycles. The van der Waals surface area contributed by atoms with Crippen LogP contribution in [0.4, 0.5) is 10.5 Å². The smallest absolute Gasteiger partial charge is 0.290 e. The Labute approximate surface area is 194 Å². The molecule has 1 aliphatic rings. The maximum Gasteiger partial charge on any atom is 0.290 e. The van der Waals surface area contributed by atoms with Gasteiger partial charge in [-0.1, -0.05) is 59.7 Å². The van der Waals surface area contributed by atoms with Gasteiger partial charge in [-0.2, -0.15) is 0 Å². The van der Waals surface area contributed by atoms with E-state index in [0.717, 1.165) is 17.4 Å². The molecule has 0 radical (unpaired) electrons. The largest absolute Gasteiger partial charge is 0.311 e. The monoisotopic (exact) mass is 450 g/mol. The highest BCUT2D eigenvalue weighted by molar-refractivity contribution is 8.18. The highest BCUT2D eigenvalue weighted by Crippen LogP contribution is 2.33. The second-order valence-electron chi connectivity index (χ2n) is 10.1. The predicted molar refractivity (Wildman–Crippen MR) is 132 cm³/mol. The fourth-order valence-electron chi connectivity index (χ4n) is 3.32. The first-order valence-electron chi connectivity index (χ1n) is 10.5. The summed E-state index contributed by atoms with van der Waals surface area (Å²) in [4.78, 5) is 38.6. The van der Waals surface area contributed by atoms with Crippen LogP contribution in [0.25, 0.3) is 6.08 Å². The summed E-state index contributed by atoms with van der Waals surface area (Å²) >= 11 is 0.860. The topological polar surface area (TPSA) is 66.5 Å². The molecule has 0 saturated carbocycles. The molecule has 1 aliphatic heterocycles. The maximum absolute atomic E-state index is 13.3. The zero-order valence-corrected chi connectivity index (χ0v) is 20.5. The van der Waals surface area contributed by atoms with E-state index >= 15 is 0 Å². The fraction of sp³-hybridized carbons (Fsp3) is 0.346. The summed E-state index contributed by atoms with van der Waals surface area (Å²) in [6, 6.07) is 13.4. The molecule has 32 heavy (non-hydrogen) atoms. The minimum atomic E-state index is -0.414. The van der Waals surface area contributed by atoms with Gasteiger partial charge in [-0.15, -0.1) is 0 Å². The second kappa shape index (κ2) is 8.58. The molecule has 1 fully saturated rings. The molecular weight excluding hydrogens is 420 g/mol. The Hall–Kier alpha value is -2.86. The average Bonchev–Trinajstić information content (AvgIpc) is 3.02. The molecule has 1 heterocycles. The van der Waals surface area contributed by atoms with Gasteiger partial charge in [0.15, 0.2) is 0 Å². The summed E-state index contributed by atoms with van der Waals surface area (Å²) in [5.41, 5.74) is 4.28. The molecule has 3 amide bonds. The Morgan fingerprint density at radius 1 is 0.938 bits per heavy atom. The molecule has 1 N–H and O–H groups in total. The molecule has 3 rings (SSSR count). The molecule has 168 valence electrons. The molecule has 0 spiro atoms. The SMILES string of the molecule is CN(C(=O)c1cccc(/C=C2/SC(=O)NC2=O)c1)c1cc(C(C)(C)C)cc(C(C)(C)C)c1. The summed E-state index contributed by atoms with van der Waals surface area (Å²) in [6.45, 7) is 13.0. The third kappa shape index (κ3) is 5.30. The van der Waals surface area contributed by atoms with Gasteiger partial charge in [0.2, 0.25) is 0 Å². The van der Waals surface area contributed by atoms with E-state index in [2.05, 4.69) is 65.1 Å². The van der Waals surface area contributed by atoms with Crippen molar-refractivity contribution < 1.29 is 14.4 Å². The fourth-order valence-corrected chi connectivity index (χ4v) is 4.00. The highest BCUT2D eigenvalue weighted by Gasteiger charge is 2.26. The van der Waals surface area contributed by atoms with E-state index in [0.29, 0.717) is 16.0 Å². The van der Waals surface area contributed by atoms with Crippen LogP contribution in [0.1, 0.15) is 68.6 Å². The molecular formula is C26H30N2O3S. The van der Waals surface area contributed by atoms with Crippen molar-refractivity contribution in [1.82, 2.24) is 5.32 Å². The summed E-state index contributed by atoms with van der Waals surface area (Å²) < 4.78 is 0. The van der Waals surface area contributed by atoms with E-state index in [1.807, 2.05) is 0 Å². The Kier molecular flexibility index (Phi) is 6.38. The first-order valence-corrected chi connectivity index (χ1v) is 11.4. The van der Waals surface area contributed by atoms with Crippen molar-refractivity contribution in [2.75, 3.05) is 11.9 Å². The van der Waals surface area contributed by atoms with Crippen LogP contribution in [0.2, 0.25) is 0 Å². The lowest BCUT2D eigenvalue weighted by Crippen LogP contribution is -2.27. The van der Waals surface area contributed by atoms with Crippen molar-refractivity contribution >= 4 is 40.6 Å². The molecule has 0 aromatic heterocycles. The molecule has 0 atom stereocenters. The lowest BCUT2D eigenvalue weighted by molar-refractivity contribution is -0.115. The Bertz CT molecular complexity index is 1090. The first kappa shape index (κ1) is 23.8. The van der Waals surface area contributed by atoms with Crippen molar-refractivity contribution in [2.45, 2.75) is 52.4 Å². The van der Waals surface area contributed by atoms with Crippen molar-refractivity contribution in [3.8, 4) is 0 Å². The number of imide groups is 1. The van der Waals surface area contributed by atoms with Crippen molar-refractivity contribution in [2.24, 2.45) is 0 Å². The van der Waals surface area contributed by atoms with Crippen LogP contribution >= 0.6 is 11.8 Å². The number of carbonyl (C=O) groups excluding carboxylic acids is 3. The summed E-state index contributed by atoms with van der Waals surface area (Å²) in [5.74, 6) is -0.557. The van der Waals surface area contributed by atoms with Crippen molar-refractivity contribution in [3.05, 3.63) is 69.6 Å². The number of nitrogens with one attached hydrogen (secondary N) is 1. The van der Waals surface area contributed by atoms with Gasteiger partial charge in [-0.25, -0.2) is 0 Å². The van der Waals surface area contributed by atoms with Crippen LogP contribution in [0.15, 0.2) is 47.4 Å². The van der Waals surface area contributed by atoms with Crippen LogP contribution in [0, 0.1) is 0 Å². The molecule has 5 nitrogen and oxygen atoms in total. The number of thioether (sulfide) groups is 1. The quantitative estimate of drug-likeness (QED) is 0.593. The molecule has 2 aromatic carbocycles. The predicted octanol–water partition coefficient (Wildman–Crippen LogP) is 5.88. The van der Waals surface area contributed by atoms with Gasteiger partial charge in [0.1, 0.15) is 0 Å². The van der Waals surface area contributed by atoms with E-state index in [9.17, 15) is 14.4 Å². The number of nitrogens with zero attached hydrogens (tertiary/aromatic N) is 1. The number of carbonyl (C=O) groups is 3. The average molecular weight is 451 g/mol. The normalized spacial score (nSPS) is 15.8. The van der Waals surface area contributed by atoms with Crippen molar-refractivity contribution in [1.29, 1.82) is 0 Å². The van der Waals surface area contributed by atoms with Gasteiger partial charge in [0, 0.05) is 18.3 Å². The Morgan fingerprint density at radius 2 is 1.53 bits per heavy atom. The third-order valence-electron chi connectivity index (χ3n) is 5.42. The van der Waals surface area contributed by atoms with Crippen LogP contribution in [-0.2, 0) is 15.6 Å². The van der Waals surface area contributed by atoms with Gasteiger partial charge < -0.3 is 4.90 Å². The standard InChI is InChI=1S/C26H30N2O3S/c1-25(2,3)18-13-19(26(4,5)6)15-20(14-18)28(7)23(30)17-10-8-9-16(11-17)12-21-22(29)27-24(31)32-21/h8-15H,1-7H3,(H,27,29,31)/b21-12+. The maximum atomic E-state index is 13.3. The lowest BCUT2D eigenvalue weighted by atomic mass is 9.80. The summed E-state index contributed by atoms with van der Waals surface area (Å²) in [6.07, 6.45) is 1.62. The van der Waals surface area contributed by atoms with Gasteiger partial charge in [0.05, 0.1) is 4.91 Å². The lowest BCUT2D eigenvalue weighted by Gasteiger charge is -2.28. The molecule has 0 unspecified atom stereocenters. The minimum absolute atomic E-state index is 0.0526. The van der Waals surface area contributed by atoms with Crippen molar-refractivity contribution in [3.63, 3.8) is 0 Å². The zero-order valence-electron chi connectivity index (χ0n) is 19.7. The van der Waals surface area contributed by atoms with E-state index in [1.165, 1.54) is 11.1 Å². The van der Waals surface area contributed by atoms with Crippen LogP contribution in [-0.4, -0.2) is 24.1 Å². The van der Waals surface area contributed by atoms with Crippen LogP contribution < -0.4 is 10.2 Å².